The molecule has 0 aliphatic rings. The van der Waals surface area contributed by atoms with Crippen LogP contribution in [-0.4, -0.2) is 18.3 Å². The van der Waals surface area contributed by atoms with Crippen LogP contribution in [0.1, 0.15) is 12.5 Å². The van der Waals surface area contributed by atoms with E-state index in [-0.39, 0.29) is 11.2 Å². The van der Waals surface area contributed by atoms with Crippen molar-refractivity contribution >= 4 is 29.3 Å². The van der Waals surface area contributed by atoms with Gasteiger partial charge in [0.25, 0.3) is 0 Å². The largest absolute Gasteiger partial charge is 0.496 e. The molecule has 0 spiro atoms. The SMILES string of the molecule is COc1ccccc1CNC(=O)[C@@H](C)Sc1ccccc1Cl. The van der Waals surface area contributed by atoms with Gasteiger partial charge in [0.2, 0.25) is 5.91 Å². The van der Waals surface area contributed by atoms with Crippen molar-refractivity contribution in [3.05, 3.63) is 59.1 Å². The number of rotatable bonds is 6. The van der Waals surface area contributed by atoms with E-state index < -0.39 is 0 Å². The van der Waals surface area contributed by atoms with Crippen molar-refractivity contribution < 1.29 is 9.53 Å². The van der Waals surface area contributed by atoms with Gasteiger partial charge in [-0.05, 0) is 25.1 Å². The quantitative estimate of drug-likeness (QED) is 0.806. The van der Waals surface area contributed by atoms with Crippen LogP contribution in [0.25, 0.3) is 0 Å². The van der Waals surface area contributed by atoms with Crippen LogP contribution >= 0.6 is 23.4 Å². The third-order valence-electron chi connectivity index (χ3n) is 3.16. The summed E-state index contributed by atoms with van der Waals surface area (Å²) in [5, 5.41) is 3.37. The normalized spacial score (nSPS) is 11.8. The molecule has 0 aliphatic heterocycles. The first-order chi connectivity index (χ1) is 10.6. The van der Waals surface area contributed by atoms with Gasteiger partial charge in [-0.1, -0.05) is 41.9 Å². The summed E-state index contributed by atoms with van der Waals surface area (Å²) >= 11 is 7.56. The zero-order valence-corrected chi connectivity index (χ0v) is 14.1. The molecule has 1 N–H and O–H groups in total. The predicted molar refractivity (Wildman–Crippen MR) is 91.6 cm³/mol. The molecule has 0 saturated heterocycles. The molecule has 0 saturated carbocycles. The lowest BCUT2D eigenvalue weighted by molar-refractivity contribution is -0.120. The van der Waals surface area contributed by atoms with E-state index in [0.29, 0.717) is 11.6 Å². The number of carbonyl (C=O) groups excluding carboxylic acids is 1. The summed E-state index contributed by atoms with van der Waals surface area (Å²) < 4.78 is 5.28. The van der Waals surface area contributed by atoms with Gasteiger partial charge in [-0.15, -0.1) is 11.8 Å². The molecule has 1 amide bonds. The topological polar surface area (TPSA) is 38.3 Å². The first-order valence-electron chi connectivity index (χ1n) is 6.92. The van der Waals surface area contributed by atoms with Crippen molar-refractivity contribution in [3.63, 3.8) is 0 Å². The second-order valence-corrected chi connectivity index (χ2v) is 6.51. The van der Waals surface area contributed by atoms with Crippen molar-refractivity contribution in [1.82, 2.24) is 5.32 Å². The lowest BCUT2D eigenvalue weighted by atomic mass is 10.2. The third-order valence-corrected chi connectivity index (χ3v) is 4.77. The van der Waals surface area contributed by atoms with E-state index in [1.807, 2.05) is 55.5 Å². The molecule has 0 radical (unpaired) electrons. The van der Waals surface area contributed by atoms with Crippen LogP contribution in [0.5, 0.6) is 5.75 Å². The molecule has 2 aromatic rings. The highest BCUT2D eigenvalue weighted by molar-refractivity contribution is 8.00. The molecule has 2 aromatic carbocycles. The molecule has 1 atom stereocenters. The van der Waals surface area contributed by atoms with Gasteiger partial charge in [-0.3, -0.25) is 4.79 Å². The van der Waals surface area contributed by atoms with Crippen molar-refractivity contribution in [2.75, 3.05) is 7.11 Å². The van der Waals surface area contributed by atoms with Crippen molar-refractivity contribution in [2.24, 2.45) is 0 Å². The Morgan fingerprint density at radius 1 is 1.23 bits per heavy atom. The van der Waals surface area contributed by atoms with Gasteiger partial charge >= 0.3 is 0 Å². The molecule has 0 heterocycles. The van der Waals surface area contributed by atoms with Crippen molar-refractivity contribution in [2.45, 2.75) is 23.6 Å². The Kier molecular flexibility index (Phi) is 6.16. The zero-order chi connectivity index (χ0) is 15.9. The molecule has 2 rings (SSSR count). The second kappa shape index (κ2) is 8.11. The number of methoxy groups -OCH3 is 1. The Bertz CT molecular complexity index is 648. The van der Waals surface area contributed by atoms with Crippen LogP contribution < -0.4 is 10.1 Å². The van der Waals surface area contributed by atoms with Crippen LogP contribution in [0.3, 0.4) is 0 Å². The zero-order valence-electron chi connectivity index (χ0n) is 12.5. The van der Waals surface area contributed by atoms with E-state index >= 15 is 0 Å². The predicted octanol–water partition coefficient (Wildman–Crippen LogP) is 4.15. The number of halogens is 1. The molecular formula is C17H18ClNO2S. The highest BCUT2D eigenvalue weighted by atomic mass is 35.5. The standard InChI is InChI=1S/C17H18ClNO2S/c1-12(22-16-10-6-4-8-14(16)18)17(20)19-11-13-7-3-5-9-15(13)21-2/h3-10,12H,11H2,1-2H3,(H,19,20)/t12-/m1/s1. The van der Waals surface area contributed by atoms with E-state index in [1.165, 1.54) is 11.8 Å². The Morgan fingerprint density at radius 3 is 2.64 bits per heavy atom. The molecular weight excluding hydrogens is 318 g/mol. The van der Waals surface area contributed by atoms with Crippen molar-refractivity contribution in [1.29, 1.82) is 0 Å². The molecule has 22 heavy (non-hydrogen) atoms. The van der Waals surface area contributed by atoms with Gasteiger partial charge in [0.05, 0.1) is 17.4 Å². The van der Waals surface area contributed by atoms with Gasteiger partial charge in [-0.2, -0.15) is 0 Å². The number of ether oxygens (including phenoxy) is 1. The van der Waals surface area contributed by atoms with Crippen LogP contribution in [0, 0.1) is 0 Å². The number of nitrogens with one attached hydrogen (secondary N) is 1. The Hall–Kier alpha value is -1.65. The summed E-state index contributed by atoms with van der Waals surface area (Å²) in [6.45, 7) is 2.31. The smallest absolute Gasteiger partial charge is 0.233 e. The number of para-hydroxylation sites is 1. The van der Waals surface area contributed by atoms with Gasteiger partial charge in [-0.25, -0.2) is 0 Å². The fourth-order valence-corrected chi connectivity index (χ4v) is 3.14. The fraction of sp³-hybridized carbons (Fsp3) is 0.235. The summed E-state index contributed by atoms with van der Waals surface area (Å²) in [5.41, 5.74) is 0.952. The molecule has 0 aromatic heterocycles. The lowest BCUT2D eigenvalue weighted by Gasteiger charge is -2.14. The van der Waals surface area contributed by atoms with Crippen LogP contribution in [0.2, 0.25) is 5.02 Å². The first-order valence-corrected chi connectivity index (χ1v) is 8.18. The highest BCUT2D eigenvalue weighted by Crippen LogP contribution is 2.30. The minimum atomic E-state index is -0.227. The molecule has 0 fully saturated rings. The van der Waals surface area contributed by atoms with Gasteiger partial charge in [0.1, 0.15) is 5.75 Å². The minimum absolute atomic E-state index is 0.0316. The monoisotopic (exact) mass is 335 g/mol. The average molecular weight is 336 g/mol. The second-order valence-electron chi connectivity index (χ2n) is 4.72. The van der Waals surface area contributed by atoms with Crippen LogP contribution in [0.4, 0.5) is 0 Å². The fourth-order valence-electron chi connectivity index (χ4n) is 1.96. The summed E-state index contributed by atoms with van der Waals surface area (Å²) in [7, 11) is 1.62. The van der Waals surface area contributed by atoms with E-state index in [1.54, 1.807) is 7.11 Å². The summed E-state index contributed by atoms with van der Waals surface area (Å²) in [6, 6.07) is 15.2. The molecule has 116 valence electrons. The number of carbonyl (C=O) groups is 1. The maximum absolute atomic E-state index is 12.2. The number of thioether (sulfide) groups is 1. The van der Waals surface area contributed by atoms with Gasteiger partial charge < -0.3 is 10.1 Å². The summed E-state index contributed by atoms with van der Waals surface area (Å²) in [4.78, 5) is 13.1. The average Bonchev–Trinajstić information content (AvgIpc) is 2.54. The van der Waals surface area contributed by atoms with E-state index in [9.17, 15) is 4.79 Å². The highest BCUT2D eigenvalue weighted by Gasteiger charge is 2.16. The molecule has 5 heteroatoms. The number of amides is 1. The third kappa shape index (κ3) is 4.42. The number of hydrogen-bond acceptors (Lipinski definition) is 3. The maximum Gasteiger partial charge on any atom is 0.233 e. The molecule has 0 unspecified atom stereocenters. The number of benzene rings is 2. The van der Waals surface area contributed by atoms with Gasteiger partial charge in [0, 0.05) is 17.0 Å². The van der Waals surface area contributed by atoms with Gasteiger partial charge in [0.15, 0.2) is 0 Å². The van der Waals surface area contributed by atoms with E-state index in [0.717, 1.165) is 16.2 Å². The molecule has 0 aliphatic carbocycles. The Labute approximate surface area is 140 Å². The van der Waals surface area contributed by atoms with Crippen molar-refractivity contribution in [3.8, 4) is 5.75 Å². The first kappa shape index (κ1) is 16.7. The Balaban J connectivity index is 1.93. The number of hydrogen-bond donors (Lipinski definition) is 1. The summed E-state index contributed by atoms with van der Waals surface area (Å²) in [6.07, 6.45) is 0. The lowest BCUT2D eigenvalue weighted by Crippen LogP contribution is -2.30. The van der Waals surface area contributed by atoms with Crippen LogP contribution in [-0.2, 0) is 11.3 Å². The maximum atomic E-state index is 12.2. The molecule has 0 bridgehead atoms. The van der Waals surface area contributed by atoms with E-state index in [2.05, 4.69) is 5.32 Å². The molecule has 3 nitrogen and oxygen atoms in total. The summed E-state index contributed by atoms with van der Waals surface area (Å²) in [5.74, 6) is 0.741. The minimum Gasteiger partial charge on any atom is -0.496 e. The van der Waals surface area contributed by atoms with Crippen LogP contribution in [0.15, 0.2) is 53.4 Å². The van der Waals surface area contributed by atoms with E-state index in [4.69, 9.17) is 16.3 Å². The Morgan fingerprint density at radius 2 is 1.91 bits per heavy atom.